The van der Waals surface area contributed by atoms with E-state index in [1.165, 1.54) is 0 Å². The van der Waals surface area contributed by atoms with E-state index in [0.717, 1.165) is 33.7 Å². The molecule has 1 aliphatic heterocycles. The molecule has 6 nitrogen and oxygen atoms in total. The second-order valence-electron chi connectivity index (χ2n) is 6.26. The van der Waals surface area contributed by atoms with Crippen molar-refractivity contribution in [1.82, 2.24) is 9.97 Å². The molecule has 0 spiro atoms. The Bertz CT molecular complexity index is 946. The van der Waals surface area contributed by atoms with E-state index in [-0.39, 0.29) is 17.6 Å². The summed E-state index contributed by atoms with van der Waals surface area (Å²) in [4.78, 5) is 22.2. The van der Waals surface area contributed by atoms with Gasteiger partial charge in [0.05, 0.1) is 29.2 Å². The van der Waals surface area contributed by atoms with Gasteiger partial charge in [-0.3, -0.25) is 4.79 Å². The molecule has 2 N–H and O–H groups in total. The quantitative estimate of drug-likeness (QED) is 0.767. The van der Waals surface area contributed by atoms with Gasteiger partial charge in [-0.15, -0.1) is 0 Å². The van der Waals surface area contributed by atoms with Crippen LogP contribution in [0, 0.1) is 0 Å². The lowest BCUT2D eigenvalue weighted by atomic mass is 10.0. The number of carbonyl (C=O) groups is 1. The molecule has 0 saturated heterocycles. The minimum absolute atomic E-state index is 0.0958. The molecule has 25 heavy (non-hydrogen) atoms. The maximum Gasteiger partial charge on any atom is 0.234 e. The van der Waals surface area contributed by atoms with Crippen molar-refractivity contribution in [1.29, 1.82) is 0 Å². The van der Waals surface area contributed by atoms with Crippen molar-refractivity contribution in [3.63, 3.8) is 0 Å². The fourth-order valence-electron chi connectivity index (χ4n) is 3.30. The lowest BCUT2D eigenvalue weighted by Crippen LogP contribution is -2.31. The Morgan fingerprint density at radius 3 is 2.76 bits per heavy atom. The van der Waals surface area contributed by atoms with E-state index >= 15 is 0 Å². The van der Waals surface area contributed by atoms with Gasteiger partial charge in [0.1, 0.15) is 11.6 Å². The van der Waals surface area contributed by atoms with Crippen molar-refractivity contribution < 1.29 is 14.6 Å². The Morgan fingerprint density at radius 2 is 2.04 bits per heavy atom. The predicted octanol–water partition coefficient (Wildman–Crippen LogP) is 3.03. The SMILES string of the molecule is COCCN1C(=O)C(C)c2cc3[nH]c(-c4ccc(O)cc4)nc3cc21. The Balaban J connectivity index is 1.78. The summed E-state index contributed by atoms with van der Waals surface area (Å²) in [7, 11) is 1.63. The van der Waals surface area contributed by atoms with Gasteiger partial charge in [0, 0.05) is 19.2 Å². The number of amides is 1. The highest BCUT2D eigenvalue weighted by molar-refractivity contribution is 6.07. The van der Waals surface area contributed by atoms with E-state index in [0.29, 0.717) is 13.2 Å². The summed E-state index contributed by atoms with van der Waals surface area (Å²) in [5, 5.41) is 9.43. The highest BCUT2D eigenvalue weighted by Crippen LogP contribution is 2.39. The number of benzene rings is 2. The number of imidazole rings is 1. The molecule has 128 valence electrons. The summed E-state index contributed by atoms with van der Waals surface area (Å²) in [6, 6.07) is 10.9. The number of H-pyrrole nitrogens is 1. The largest absolute Gasteiger partial charge is 0.508 e. The number of aromatic hydroxyl groups is 1. The number of nitrogens with zero attached hydrogens (tertiary/aromatic N) is 2. The summed E-state index contributed by atoms with van der Waals surface area (Å²) in [5.41, 5.74) is 4.52. The summed E-state index contributed by atoms with van der Waals surface area (Å²) in [6.45, 7) is 2.96. The van der Waals surface area contributed by atoms with E-state index in [4.69, 9.17) is 4.74 Å². The number of rotatable bonds is 4. The first-order valence-corrected chi connectivity index (χ1v) is 8.22. The molecular formula is C19H19N3O3. The van der Waals surface area contributed by atoms with E-state index in [9.17, 15) is 9.90 Å². The number of hydrogen-bond donors (Lipinski definition) is 2. The van der Waals surface area contributed by atoms with Gasteiger partial charge in [-0.1, -0.05) is 0 Å². The molecule has 1 aliphatic rings. The number of nitrogens with one attached hydrogen (secondary N) is 1. The average Bonchev–Trinajstić information content (AvgIpc) is 3.12. The number of fused-ring (bicyclic) bond motifs is 2. The van der Waals surface area contributed by atoms with Crippen LogP contribution in [0.15, 0.2) is 36.4 Å². The van der Waals surface area contributed by atoms with Gasteiger partial charge in [0.15, 0.2) is 0 Å². The second kappa shape index (κ2) is 5.89. The maximum atomic E-state index is 12.5. The monoisotopic (exact) mass is 337 g/mol. The average molecular weight is 337 g/mol. The van der Waals surface area contributed by atoms with Crippen molar-refractivity contribution in [3.05, 3.63) is 42.0 Å². The molecule has 1 amide bonds. The zero-order valence-corrected chi connectivity index (χ0v) is 14.1. The topological polar surface area (TPSA) is 78.5 Å². The van der Waals surface area contributed by atoms with E-state index in [1.54, 1.807) is 24.1 Å². The van der Waals surface area contributed by atoms with Gasteiger partial charge in [-0.2, -0.15) is 0 Å². The Labute approximate surface area is 145 Å². The summed E-state index contributed by atoms with van der Waals surface area (Å²) < 4.78 is 5.13. The van der Waals surface area contributed by atoms with Crippen LogP contribution in [-0.4, -0.2) is 41.2 Å². The van der Waals surface area contributed by atoms with Crippen LogP contribution in [0.5, 0.6) is 5.75 Å². The van der Waals surface area contributed by atoms with Crippen LogP contribution in [-0.2, 0) is 9.53 Å². The normalized spacial score (nSPS) is 16.6. The molecule has 4 rings (SSSR count). The Morgan fingerprint density at radius 1 is 1.28 bits per heavy atom. The van der Waals surface area contributed by atoms with Crippen molar-refractivity contribution in [2.75, 3.05) is 25.2 Å². The van der Waals surface area contributed by atoms with E-state index in [1.807, 2.05) is 31.2 Å². The number of aromatic nitrogens is 2. The smallest absolute Gasteiger partial charge is 0.234 e. The van der Waals surface area contributed by atoms with Gasteiger partial charge in [0.25, 0.3) is 0 Å². The van der Waals surface area contributed by atoms with Crippen LogP contribution in [0.4, 0.5) is 5.69 Å². The molecule has 1 aromatic heterocycles. The number of phenolic OH excluding ortho intramolecular Hbond substituents is 1. The molecule has 0 bridgehead atoms. The molecule has 0 aliphatic carbocycles. The standard InChI is InChI=1S/C19H19N3O3/c1-11-14-9-15-16(10-17(14)22(19(11)24)7-8-25-2)21-18(20-15)12-3-5-13(23)6-4-12/h3-6,9-11,23H,7-8H2,1-2H3,(H,20,21). The van der Waals surface area contributed by atoms with Crippen LogP contribution >= 0.6 is 0 Å². The first-order chi connectivity index (χ1) is 12.1. The van der Waals surface area contributed by atoms with Crippen LogP contribution in [0.1, 0.15) is 18.4 Å². The van der Waals surface area contributed by atoms with Crippen molar-refractivity contribution in [2.24, 2.45) is 0 Å². The van der Waals surface area contributed by atoms with Crippen LogP contribution in [0.3, 0.4) is 0 Å². The third kappa shape index (κ3) is 2.55. The number of anilines is 1. The minimum Gasteiger partial charge on any atom is -0.508 e. The number of aromatic amines is 1. The van der Waals surface area contributed by atoms with Gasteiger partial charge < -0.3 is 19.7 Å². The molecule has 2 heterocycles. The molecule has 0 radical (unpaired) electrons. The molecule has 1 unspecified atom stereocenters. The Hall–Kier alpha value is -2.86. The minimum atomic E-state index is -0.170. The molecule has 2 aromatic carbocycles. The van der Waals surface area contributed by atoms with E-state index < -0.39 is 0 Å². The zero-order valence-electron chi connectivity index (χ0n) is 14.1. The van der Waals surface area contributed by atoms with Crippen molar-refractivity contribution in [3.8, 4) is 17.1 Å². The lowest BCUT2D eigenvalue weighted by molar-refractivity contribution is -0.119. The molecule has 0 saturated carbocycles. The van der Waals surface area contributed by atoms with Crippen molar-refractivity contribution in [2.45, 2.75) is 12.8 Å². The number of ether oxygens (including phenoxy) is 1. The Kier molecular flexibility index (Phi) is 3.69. The number of methoxy groups -OCH3 is 1. The van der Waals surface area contributed by atoms with Gasteiger partial charge >= 0.3 is 0 Å². The fraction of sp³-hybridized carbons (Fsp3) is 0.263. The number of phenols is 1. The summed E-state index contributed by atoms with van der Waals surface area (Å²) >= 11 is 0. The highest BCUT2D eigenvalue weighted by atomic mass is 16.5. The number of carbonyl (C=O) groups excluding carboxylic acids is 1. The van der Waals surface area contributed by atoms with E-state index in [2.05, 4.69) is 9.97 Å². The third-order valence-corrected chi connectivity index (χ3v) is 4.68. The van der Waals surface area contributed by atoms with Gasteiger partial charge in [0.2, 0.25) is 5.91 Å². The molecular weight excluding hydrogens is 318 g/mol. The molecule has 0 fully saturated rings. The molecule has 6 heteroatoms. The predicted molar refractivity (Wildman–Crippen MR) is 95.8 cm³/mol. The van der Waals surface area contributed by atoms with Crippen LogP contribution in [0.25, 0.3) is 22.4 Å². The third-order valence-electron chi connectivity index (χ3n) is 4.68. The second-order valence-corrected chi connectivity index (χ2v) is 6.26. The zero-order chi connectivity index (χ0) is 17.6. The van der Waals surface area contributed by atoms with Crippen molar-refractivity contribution >= 4 is 22.6 Å². The van der Waals surface area contributed by atoms with Crippen LogP contribution in [0.2, 0.25) is 0 Å². The van der Waals surface area contributed by atoms with Gasteiger partial charge in [-0.05, 0) is 48.9 Å². The fourth-order valence-corrected chi connectivity index (χ4v) is 3.30. The van der Waals surface area contributed by atoms with Gasteiger partial charge in [-0.25, -0.2) is 4.98 Å². The number of hydrogen-bond acceptors (Lipinski definition) is 4. The first kappa shape index (κ1) is 15.7. The summed E-state index contributed by atoms with van der Waals surface area (Å²) in [5.74, 6) is 0.885. The summed E-state index contributed by atoms with van der Waals surface area (Å²) in [6.07, 6.45) is 0. The van der Waals surface area contributed by atoms with Crippen LogP contribution < -0.4 is 4.90 Å². The molecule has 3 aromatic rings. The first-order valence-electron chi connectivity index (χ1n) is 8.22. The maximum absolute atomic E-state index is 12.5. The molecule has 1 atom stereocenters. The lowest BCUT2D eigenvalue weighted by Gasteiger charge is -2.16. The highest BCUT2D eigenvalue weighted by Gasteiger charge is 2.34.